The normalized spacial score (nSPS) is 10.4. The van der Waals surface area contributed by atoms with E-state index in [-0.39, 0.29) is 11.1 Å². The SMILES string of the molecule is Cc1ccc(-c2cnc[nH]c2=S)c(F)c1F. The Morgan fingerprint density at radius 3 is 2.62 bits per heavy atom. The summed E-state index contributed by atoms with van der Waals surface area (Å²) in [5.41, 5.74) is 0.770. The molecule has 1 aromatic heterocycles. The minimum absolute atomic E-state index is 0.123. The van der Waals surface area contributed by atoms with Gasteiger partial charge in [0.2, 0.25) is 0 Å². The number of benzene rings is 1. The maximum Gasteiger partial charge on any atom is 0.167 e. The lowest BCUT2D eigenvalue weighted by molar-refractivity contribution is 0.505. The molecule has 0 bridgehead atoms. The van der Waals surface area contributed by atoms with Crippen molar-refractivity contribution in [2.24, 2.45) is 0 Å². The van der Waals surface area contributed by atoms with Gasteiger partial charge in [0.15, 0.2) is 11.6 Å². The van der Waals surface area contributed by atoms with Crippen LogP contribution in [-0.4, -0.2) is 9.97 Å². The summed E-state index contributed by atoms with van der Waals surface area (Å²) in [6.07, 6.45) is 2.81. The summed E-state index contributed by atoms with van der Waals surface area (Å²) in [6.45, 7) is 1.51. The van der Waals surface area contributed by atoms with E-state index in [0.717, 1.165) is 0 Å². The molecule has 0 aliphatic heterocycles. The van der Waals surface area contributed by atoms with Gasteiger partial charge in [-0.05, 0) is 12.5 Å². The zero-order valence-corrected chi connectivity index (χ0v) is 9.24. The van der Waals surface area contributed by atoms with Gasteiger partial charge in [0, 0.05) is 17.3 Å². The van der Waals surface area contributed by atoms with Gasteiger partial charge < -0.3 is 4.98 Å². The third kappa shape index (κ3) is 1.74. The largest absolute Gasteiger partial charge is 0.337 e. The third-order valence-corrected chi connectivity index (χ3v) is 2.62. The Balaban J connectivity index is 2.71. The Labute approximate surface area is 96.0 Å². The van der Waals surface area contributed by atoms with Crippen molar-refractivity contribution >= 4 is 12.2 Å². The van der Waals surface area contributed by atoms with Gasteiger partial charge in [0.1, 0.15) is 4.64 Å². The lowest BCUT2D eigenvalue weighted by atomic mass is 10.1. The molecule has 0 fully saturated rings. The standard InChI is InChI=1S/C11H8F2N2S/c1-6-2-3-7(10(13)9(6)12)8-4-14-5-15-11(8)16/h2-5H,1H3,(H,14,15,16). The third-order valence-electron chi connectivity index (χ3n) is 2.28. The van der Waals surface area contributed by atoms with Crippen LogP contribution in [-0.2, 0) is 0 Å². The molecule has 1 N–H and O–H groups in total. The highest BCUT2D eigenvalue weighted by molar-refractivity contribution is 7.71. The zero-order valence-electron chi connectivity index (χ0n) is 8.42. The van der Waals surface area contributed by atoms with Crippen molar-refractivity contribution in [3.8, 4) is 11.1 Å². The number of rotatable bonds is 1. The summed E-state index contributed by atoms with van der Waals surface area (Å²) < 4.78 is 27.4. The molecule has 0 saturated carbocycles. The van der Waals surface area contributed by atoms with Crippen LogP contribution in [0.2, 0.25) is 0 Å². The predicted molar refractivity (Wildman–Crippen MR) is 59.5 cm³/mol. The van der Waals surface area contributed by atoms with Gasteiger partial charge in [-0.3, -0.25) is 0 Å². The van der Waals surface area contributed by atoms with E-state index in [4.69, 9.17) is 12.2 Å². The van der Waals surface area contributed by atoms with Crippen LogP contribution in [0.25, 0.3) is 11.1 Å². The van der Waals surface area contributed by atoms with E-state index in [1.54, 1.807) is 0 Å². The number of aromatic nitrogens is 2. The van der Waals surface area contributed by atoms with Gasteiger partial charge in [-0.25, -0.2) is 13.8 Å². The lowest BCUT2D eigenvalue weighted by Gasteiger charge is -2.05. The quantitative estimate of drug-likeness (QED) is 0.771. The molecule has 82 valence electrons. The number of aromatic amines is 1. The molecule has 16 heavy (non-hydrogen) atoms. The number of halogens is 2. The summed E-state index contributed by atoms with van der Waals surface area (Å²) in [4.78, 5) is 6.48. The van der Waals surface area contributed by atoms with Crippen LogP contribution >= 0.6 is 12.2 Å². The molecule has 1 heterocycles. The van der Waals surface area contributed by atoms with E-state index in [1.807, 2.05) is 0 Å². The summed E-state index contributed by atoms with van der Waals surface area (Å²) in [5, 5.41) is 0. The molecule has 2 nitrogen and oxygen atoms in total. The van der Waals surface area contributed by atoms with E-state index in [9.17, 15) is 8.78 Å². The molecule has 0 radical (unpaired) electrons. The minimum Gasteiger partial charge on any atom is -0.337 e. The fourth-order valence-corrected chi connectivity index (χ4v) is 1.61. The average Bonchev–Trinajstić information content (AvgIpc) is 2.28. The number of H-pyrrole nitrogens is 1. The van der Waals surface area contributed by atoms with Crippen LogP contribution in [0.3, 0.4) is 0 Å². The Hall–Kier alpha value is -1.62. The summed E-state index contributed by atoms with van der Waals surface area (Å²) in [6, 6.07) is 3.00. The van der Waals surface area contributed by atoms with Crippen molar-refractivity contribution in [1.82, 2.24) is 9.97 Å². The maximum absolute atomic E-state index is 13.7. The molecule has 2 aromatic rings. The van der Waals surface area contributed by atoms with Crippen molar-refractivity contribution in [3.05, 3.63) is 46.5 Å². The Bertz CT molecular complexity index is 593. The van der Waals surface area contributed by atoms with Crippen LogP contribution in [0.15, 0.2) is 24.7 Å². The first-order chi connectivity index (χ1) is 7.61. The molecule has 0 saturated heterocycles. The fraction of sp³-hybridized carbons (Fsp3) is 0.0909. The molecule has 0 atom stereocenters. The second-order valence-electron chi connectivity index (χ2n) is 3.35. The number of hydrogen-bond donors (Lipinski definition) is 1. The van der Waals surface area contributed by atoms with Crippen molar-refractivity contribution in [3.63, 3.8) is 0 Å². The van der Waals surface area contributed by atoms with Crippen LogP contribution in [0, 0.1) is 23.2 Å². The van der Waals surface area contributed by atoms with E-state index < -0.39 is 11.6 Å². The monoisotopic (exact) mass is 238 g/mol. The van der Waals surface area contributed by atoms with Crippen molar-refractivity contribution in [2.75, 3.05) is 0 Å². The highest BCUT2D eigenvalue weighted by atomic mass is 32.1. The highest BCUT2D eigenvalue weighted by Gasteiger charge is 2.13. The molecule has 0 aliphatic rings. The first kappa shape index (κ1) is 10.9. The van der Waals surface area contributed by atoms with E-state index in [0.29, 0.717) is 10.2 Å². The van der Waals surface area contributed by atoms with Crippen molar-refractivity contribution in [1.29, 1.82) is 0 Å². The maximum atomic E-state index is 13.7. The van der Waals surface area contributed by atoms with Gasteiger partial charge >= 0.3 is 0 Å². The number of nitrogens with zero attached hydrogens (tertiary/aromatic N) is 1. The van der Waals surface area contributed by atoms with E-state index in [2.05, 4.69) is 9.97 Å². The molecule has 0 aliphatic carbocycles. The Kier molecular flexibility index (Phi) is 2.78. The molecular weight excluding hydrogens is 230 g/mol. The number of nitrogens with one attached hydrogen (secondary N) is 1. The summed E-state index contributed by atoms with van der Waals surface area (Å²) in [5.74, 6) is -1.75. The first-order valence-electron chi connectivity index (χ1n) is 4.59. The van der Waals surface area contributed by atoms with Gasteiger partial charge in [-0.1, -0.05) is 24.4 Å². The first-order valence-corrected chi connectivity index (χ1v) is 4.99. The second-order valence-corrected chi connectivity index (χ2v) is 3.76. The van der Waals surface area contributed by atoms with E-state index in [1.165, 1.54) is 31.6 Å². The lowest BCUT2D eigenvalue weighted by Crippen LogP contribution is -1.94. The molecular formula is C11H8F2N2S. The topological polar surface area (TPSA) is 28.7 Å². The highest BCUT2D eigenvalue weighted by Crippen LogP contribution is 2.25. The molecule has 0 spiro atoms. The second kappa shape index (κ2) is 4.09. The van der Waals surface area contributed by atoms with Gasteiger partial charge in [0.25, 0.3) is 0 Å². The van der Waals surface area contributed by atoms with Crippen LogP contribution < -0.4 is 0 Å². The summed E-state index contributed by atoms with van der Waals surface area (Å²) in [7, 11) is 0. The zero-order chi connectivity index (χ0) is 11.7. The Morgan fingerprint density at radius 2 is 1.94 bits per heavy atom. The molecule has 0 amide bonds. The van der Waals surface area contributed by atoms with Crippen molar-refractivity contribution in [2.45, 2.75) is 6.92 Å². The predicted octanol–water partition coefficient (Wildman–Crippen LogP) is 3.39. The van der Waals surface area contributed by atoms with Crippen LogP contribution in [0.5, 0.6) is 0 Å². The summed E-state index contributed by atoms with van der Waals surface area (Å²) >= 11 is 4.99. The Morgan fingerprint density at radius 1 is 1.19 bits per heavy atom. The van der Waals surface area contributed by atoms with Crippen LogP contribution in [0.1, 0.15) is 5.56 Å². The number of hydrogen-bond acceptors (Lipinski definition) is 2. The van der Waals surface area contributed by atoms with Crippen molar-refractivity contribution < 1.29 is 8.78 Å². The van der Waals surface area contributed by atoms with Crippen LogP contribution in [0.4, 0.5) is 8.78 Å². The van der Waals surface area contributed by atoms with Gasteiger partial charge in [0.05, 0.1) is 6.33 Å². The smallest absolute Gasteiger partial charge is 0.167 e. The fourth-order valence-electron chi connectivity index (χ4n) is 1.39. The molecule has 2 rings (SSSR count). The molecule has 5 heteroatoms. The molecule has 1 aromatic carbocycles. The minimum atomic E-state index is -0.896. The number of aryl methyl sites for hydroxylation is 1. The molecule has 0 unspecified atom stereocenters. The average molecular weight is 238 g/mol. The van der Waals surface area contributed by atoms with E-state index >= 15 is 0 Å². The van der Waals surface area contributed by atoms with Gasteiger partial charge in [-0.2, -0.15) is 0 Å². The van der Waals surface area contributed by atoms with Gasteiger partial charge in [-0.15, -0.1) is 0 Å².